The van der Waals surface area contributed by atoms with Gasteiger partial charge in [0.05, 0.1) is 18.4 Å². The summed E-state index contributed by atoms with van der Waals surface area (Å²) >= 11 is 0. The first-order valence-electron chi connectivity index (χ1n) is 9.06. The van der Waals surface area contributed by atoms with Gasteiger partial charge in [-0.3, -0.25) is 14.4 Å². The molecular formula is C21H21N5O3. The number of rotatable bonds is 8. The van der Waals surface area contributed by atoms with E-state index >= 15 is 0 Å². The number of aryl methyl sites for hydroxylation is 1. The predicted octanol–water partition coefficient (Wildman–Crippen LogP) is 1.66. The van der Waals surface area contributed by atoms with Gasteiger partial charge in [-0.25, -0.2) is 4.68 Å². The molecule has 3 aromatic rings. The molecule has 0 aliphatic carbocycles. The number of nitrogens with one attached hydrogen (secondary N) is 2. The van der Waals surface area contributed by atoms with E-state index in [2.05, 4.69) is 15.7 Å². The topological polar surface area (TPSA) is 119 Å². The zero-order valence-electron chi connectivity index (χ0n) is 15.7. The fourth-order valence-corrected chi connectivity index (χ4v) is 2.67. The largest absolute Gasteiger partial charge is 0.368 e. The zero-order chi connectivity index (χ0) is 20.6. The van der Waals surface area contributed by atoms with Gasteiger partial charge in [-0.15, -0.1) is 0 Å². The third-order valence-electron chi connectivity index (χ3n) is 4.15. The number of aromatic nitrogens is 2. The Morgan fingerprint density at radius 3 is 2.41 bits per heavy atom. The van der Waals surface area contributed by atoms with Crippen molar-refractivity contribution in [2.75, 3.05) is 11.9 Å². The van der Waals surface area contributed by atoms with Gasteiger partial charge in [0.25, 0.3) is 5.91 Å². The maximum absolute atomic E-state index is 12.2. The maximum Gasteiger partial charge on any atom is 0.251 e. The van der Waals surface area contributed by atoms with Crippen LogP contribution in [0.2, 0.25) is 0 Å². The molecule has 29 heavy (non-hydrogen) atoms. The number of benzene rings is 2. The van der Waals surface area contributed by atoms with E-state index in [9.17, 15) is 14.4 Å². The summed E-state index contributed by atoms with van der Waals surface area (Å²) < 4.78 is 1.77. The van der Waals surface area contributed by atoms with Gasteiger partial charge in [-0.1, -0.05) is 18.2 Å². The third kappa shape index (κ3) is 5.77. The van der Waals surface area contributed by atoms with E-state index in [4.69, 9.17) is 5.73 Å². The van der Waals surface area contributed by atoms with Crippen molar-refractivity contribution >= 4 is 23.4 Å². The lowest BCUT2D eigenvalue weighted by molar-refractivity contribution is -0.117. The minimum atomic E-state index is -0.614. The van der Waals surface area contributed by atoms with Crippen molar-refractivity contribution in [3.8, 4) is 5.69 Å². The third-order valence-corrected chi connectivity index (χ3v) is 4.15. The molecule has 4 N–H and O–H groups in total. The Morgan fingerprint density at radius 2 is 1.72 bits per heavy atom. The standard InChI is InChI=1S/C21H21N5O3/c22-19(27)13-23-21(29)16-7-9-17(10-8-16)25-20(28)11-6-15-12-24-26(14-15)18-4-2-1-3-5-18/h1-5,7-10,12,14H,6,11,13H2,(H2,22,27)(H,23,29)(H,25,28). The second kappa shape index (κ2) is 9.32. The van der Waals surface area contributed by atoms with Crippen LogP contribution in [0.1, 0.15) is 22.3 Å². The Kier molecular flexibility index (Phi) is 6.36. The van der Waals surface area contributed by atoms with Gasteiger partial charge in [0.15, 0.2) is 0 Å². The molecule has 3 rings (SSSR count). The molecule has 0 unspecified atom stereocenters. The quantitative estimate of drug-likeness (QED) is 0.541. The number of anilines is 1. The average molecular weight is 391 g/mol. The second-order valence-electron chi connectivity index (χ2n) is 6.40. The Balaban J connectivity index is 1.49. The summed E-state index contributed by atoms with van der Waals surface area (Å²) in [4.78, 5) is 34.7. The van der Waals surface area contributed by atoms with Crippen LogP contribution in [0.15, 0.2) is 67.0 Å². The number of carbonyl (C=O) groups excluding carboxylic acids is 3. The van der Waals surface area contributed by atoms with Crippen LogP contribution in [0.4, 0.5) is 5.69 Å². The van der Waals surface area contributed by atoms with Gasteiger partial charge >= 0.3 is 0 Å². The van der Waals surface area contributed by atoms with Crippen LogP contribution in [-0.4, -0.2) is 34.0 Å². The highest BCUT2D eigenvalue weighted by atomic mass is 16.2. The van der Waals surface area contributed by atoms with E-state index in [1.807, 2.05) is 36.5 Å². The maximum atomic E-state index is 12.2. The number of hydrogen-bond donors (Lipinski definition) is 3. The number of amides is 3. The highest BCUT2D eigenvalue weighted by Gasteiger charge is 2.08. The Bertz CT molecular complexity index is 997. The zero-order valence-corrected chi connectivity index (χ0v) is 15.7. The molecule has 0 radical (unpaired) electrons. The van der Waals surface area contributed by atoms with Crippen molar-refractivity contribution in [1.82, 2.24) is 15.1 Å². The molecule has 0 spiro atoms. The van der Waals surface area contributed by atoms with Gasteiger partial charge in [0, 0.05) is 23.9 Å². The van der Waals surface area contributed by atoms with Crippen LogP contribution in [0.3, 0.4) is 0 Å². The van der Waals surface area contributed by atoms with E-state index in [0.29, 0.717) is 24.1 Å². The highest BCUT2D eigenvalue weighted by molar-refractivity contribution is 5.97. The molecule has 3 amide bonds. The van der Waals surface area contributed by atoms with E-state index < -0.39 is 11.8 Å². The van der Waals surface area contributed by atoms with Gasteiger partial charge < -0.3 is 16.4 Å². The molecule has 1 heterocycles. The summed E-state index contributed by atoms with van der Waals surface area (Å²) in [5, 5.41) is 9.52. The second-order valence-corrected chi connectivity index (χ2v) is 6.40. The van der Waals surface area contributed by atoms with Gasteiger partial charge in [-0.05, 0) is 48.4 Å². The molecule has 0 atom stereocenters. The molecule has 0 saturated carbocycles. The van der Waals surface area contributed by atoms with Crippen molar-refractivity contribution in [2.45, 2.75) is 12.8 Å². The molecule has 0 aliphatic rings. The molecule has 148 valence electrons. The molecule has 0 bridgehead atoms. The predicted molar refractivity (Wildman–Crippen MR) is 108 cm³/mol. The lowest BCUT2D eigenvalue weighted by atomic mass is 10.1. The number of carbonyl (C=O) groups is 3. The monoisotopic (exact) mass is 391 g/mol. The first-order valence-corrected chi connectivity index (χ1v) is 9.06. The van der Waals surface area contributed by atoms with Crippen LogP contribution in [-0.2, 0) is 16.0 Å². The molecule has 2 aromatic carbocycles. The number of nitrogens with two attached hydrogens (primary N) is 1. The fourth-order valence-electron chi connectivity index (χ4n) is 2.67. The van der Waals surface area contributed by atoms with Crippen LogP contribution >= 0.6 is 0 Å². The van der Waals surface area contributed by atoms with Crippen molar-refractivity contribution in [3.63, 3.8) is 0 Å². The summed E-state index contributed by atoms with van der Waals surface area (Å²) in [6.07, 6.45) is 4.52. The van der Waals surface area contributed by atoms with E-state index in [-0.39, 0.29) is 12.5 Å². The molecule has 8 heteroatoms. The van der Waals surface area contributed by atoms with Gasteiger partial charge in [0.2, 0.25) is 11.8 Å². The van der Waals surface area contributed by atoms with Crippen molar-refractivity contribution in [1.29, 1.82) is 0 Å². The summed E-state index contributed by atoms with van der Waals surface area (Å²) in [6.45, 7) is -0.224. The molecule has 0 saturated heterocycles. The molecule has 0 fully saturated rings. The minimum Gasteiger partial charge on any atom is -0.368 e. The van der Waals surface area contributed by atoms with Crippen LogP contribution in [0.25, 0.3) is 5.69 Å². The van der Waals surface area contributed by atoms with Crippen molar-refractivity contribution in [3.05, 3.63) is 78.1 Å². The Hall–Kier alpha value is -3.94. The number of nitrogens with zero attached hydrogens (tertiary/aromatic N) is 2. The smallest absolute Gasteiger partial charge is 0.251 e. The van der Waals surface area contributed by atoms with Gasteiger partial charge in [0.1, 0.15) is 0 Å². The first-order chi connectivity index (χ1) is 14.0. The van der Waals surface area contributed by atoms with Gasteiger partial charge in [-0.2, -0.15) is 5.10 Å². The summed E-state index contributed by atoms with van der Waals surface area (Å²) in [7, 11) is 0. The number of para-hydroxylation sites is 1. The summed E-state index contributed by atoms with van der Waals surface area (Å²) in [5.74, 6) is -1.16. The lowest BCUT2D eigenvalue weighted by Gasteiger charge is -2.07. The number of primary amides is 1. The van der Waals surface area contributed by atoms with Crippen LogP contribution in [0.5, 0.6) is 0 Å². The van der Waals surface area contributed by atoms with Crippen molar-refractivity contribution in [2.24, 2.45) is 5.73 Å². The molecule has 1 aromatic heterocycles. The first kappa shape index (κ1) is 19.8. The van der Waals surface area contributed by atoms with E-state index in [1.165, 1.54) is 0 Å². The molecular weight excluding hydrogens is 370 g/mol. The lowest BCUT2D eigenvalue weighted by Crippen LogP contribution is -2.33. The summed E-state index contributed by atoms with van der Waals surface area (Å²) in [6, 6.07) is 16.1. The Labute approximate surface area is 167 Å². The average Bonchev–Trinajstić information content (AvgIpc) is 3.21. The SMILES string of the molecule is NC(=O)CNC(=O)c1ccc(NC(=O)CCc2cnn(-c3ccccc3)c2)cc1. The molecule has 0 aliphatic heterocycles. The van der Waals surface area contributed by atoms with E-state index in [0.717, 1.165) is 11.3 Å². The van der Waals surface area contributed by atoms with Crippen LogP contribution < -0.4 is 16.4 Å². The Morgan fingerprint density at radius 1 is 1.00 bits per heavy atom. The highest BCUT2D eigenvalue weighted by Crippen LogP contribution is 2.12. The summed E-state index contributed by atoms with van der Waals surface area (Å²) in [5.41, 5.74) is 7.87. The molecule has 8 nitrogen and oxygen atoms in total. The van der Waals surface area contributed by atoms with Crippen molar-refractivity contribution < 1.29 is 14.4 Å². The van der Waals surface area contributed by atoms with Crippen LogP contribution in [0, 0.1) is 0 Å². The minimum absolute atomic E-state index is 0.136. The fraction of sp³-hybridized carbons (Fsp3) is 0.143. The normalized spacial score (nSPS) is 10.3. The van der Waals surface area contributed by atoms with E-state index in [1.54, 1.807) is 35.1 Å². The number of hydrogen-bond acceptors (Lipinski definition) is 4.